The normalized spacial score (nSPS) is 11.8. The molecule has 0 unspecified atom stereocenters. The van der Waals surface area contributed by atoms with E-state index in [9.17, 15) is 0 Å². The predicted molar refractivity (Wildman–Crippen MR) is 102 cm³/mol. The van der Waals surface area contributed by atoms with Crippen molar-refractivity contribution in [3.05, 3.63) is 65.2 Å². The molecule has 130 valence electrons. The molecular formula is C22H31NO. The Morgan fingerprint density at radius 3 is 2.21 bits per heavy atom. The van der Waals surface area contributed by atoms with Gasteiger partial charge in [-0.15, -0.1) is 0 Å². The minimum absolute atomic E-state index is 0.211. The molecule has 0 aromatic heterocycles. The van der Waals surface area contributed by atoms with E-state index in [1.54, 1.807) is 0 Å². The summed E-state index contributed by atoms with van der Waals surface area (Å²) in [5, 5.41) is 3.51. The van der Waals surface area contributed by atoms with E-state index < -0.39 is 0 Å². The summed E-state index contributed by atoms with van der Waals surface area (Å²) in [7, 11) is 0. The Kier molecular flexibility index (Phi) is 6.44. The first-order chi connectivity index (χ1) is 11.3. The highest BCUT2D eigenvalue weighted by atomic mass is 16.5. The molecule has 0 aliphatic carbocycles. The van der Waals surface area contributed by atoms with Crippen LogP contribution in [0.25, 0.3) is 0 Å². The fourth-order valence-electron chi connectivity index (χ4n) is 2.48. The molecular weight excluding hydrogens is 294 g/mol. The fourth-order valence-corrected chi connectivity index (χ4v) is 2.48. The quantitative estimate of drug-likeness (QED) is 0.745. The molecule has 0 saturated heterocycles. The highest BCUT2D eigenvalue weighted by Crippen LogP contribution is 2.22. The topological polar surface area (TPSA) is 21.3 Å². The van der Waals surface area contributed by atoms with E-state index in [0.717, 1.165) is 25.4 Å². The zero-order valence-corrected chi connectivity index (χ0v) is 15.7. The van der Waals surface area contributed by atoms with Crippen molar-refractivity contribution in [3.63, 3.8) is 0 Å². The Hall–Kier alpha value is -1.80. The summed E-state index contributed by atoms with van der Waals surface area (Å²) in [4.78, 5) is 0. The average Bonchev–Trinajstić information content (AvgIpc) is 2.53. The van der Waals surface area contributed by atoms with Crippen LogP contribution in [0.5, 0.6) is 5.75 Å². The first kappa shape index (κ1) is 18.5. The van der Waals surface area contributed by atoms with Gasteiger partial charge in [0.1, 0.15) is 5.75 Å². The number of ether oxygens (including phenoxy) is 1. The minimum atomic E-state index is 0.211. The van der Waals surface area contributed by atoms with Crippen molar-refractivity contribution in [2.24, 2.45) is 5.92 Å². The van der Waals surface area contributed by atoms with Crippen molar-refractivity contribution in [2.75, 3.05) is 6.61 Å². The molecule has 0 fully saturated rings. The monoisotopic (exact) mass is 325 g/mol. The maximum atomic E-state index is 5.79. The molecule has 2 rings (SSSR count). The van der Waals surface area contributed by atoms with Crippen molar-refractivity contribution in [3.8, 4) is 5.75 Å². The second-order valence-electron chi connectivity index (χ2n) is 7.90. The lowest BCUT2D eigenvalue weighted by Gasteiger charge is -2.19. The Bertz CT molecular complexity index is 623. The van der Waals surface area contributed by atoms with Crippen LogP contribution in [0, 0.1) is 5.92 Å². The number of nitrogens with one attached hydrogen (secondary N) is 1. The van der Waals surface area contributed by atoms with Crippen molar-refractivity contribution < 1.29 is 4.74 Å². The van der Waals surface area contributed by atoms with Gasteiger partial charge < -0.3 is 10.1 Å². The van der Waals surface area contributed by atoms with Crippen LogP contribution in [0.4, 0.5) is 0 Å². The number of hydrogen-bond donors (Lipinski definition) is 1. The standard InChI is InChI=1S/C22H31NO/c1-17(2)16-24-21-8-6-7-19(13-21)15-23-14-18-9-11-20(12-10-18)22(3,4)5/h6-13,17,23H,14-16H2,1-5H3. The first-order valence-corrected chi connectivity index (χ1v) is 8.86. The minimum Gasteiger partial charge on any atom is -0.493 e. The lowest BCUT2D eigenvalue weighted by Crippen LogP contribution is -2.14. The lowest BCUT2D eigenvalue weighted by molar-refractivity contribution is 0.271. The fraction of sp³-hybridized carbons (Fsp3) is 0.455. The highest BCUT2D eigenvalue weighted by molar-refractivity contribution is 5.29. The molecule has 0 spiro atoms. The molecule has 0 atom stereocenters. The molecule has 0 heterocycles. The van der Waals surface area contributed by atoms with Crippen LogP contribution < -0.4 is 10.1 Å². The maximum absolute atomic E-state index is 5.79. The van der Waals surface area contributed by atoms with Crippen molar-refractivity contribution >= 4 is 0 Å². The van der Waals surface area contributed by atoms with Gasteiger partial charge in [0.25, 0.3) is 0 Å². The third-order valence-corrected chi connectivity index (χ3v) is 3.96. The molecule has 24 heavy (non-hydrogen) atoms. The third kappa shape index (κ3) is 6.01. The van der Waals surface area contributed by atoms with Gasteiger partial charge in [0.15, 0.2) is 0 Å². The molecule has 0 bridgehead atoms. The Morgan fingerprint density at radius 1 is 0.917 bits per heavy atom. The molecule has 2 nitrogen and oxygen atoms in total. The van der Waals surface area contributed by atoms with Crippen molar-refractivity contribution in [1.29, 1.82) is 0 Å². The SMILES string of the molecule is CC(C)COc1cccc(CNCc2ccc(C(C)(C)C)cc2)c1. The average molecular weight is 325 g/mol. The van der Waals surface area contributed by atoms with Crippen LogP contribution in [0.3, 0.4) is 0 Å². The summed E-state index contributed by atoms with van der Waals surface area (Å²) in [6.45, 7) is 13.5. The number of hydrogen-bond acceptors (Lipinski definition) is 2. The molecule has 0 aliphatic rings. The molecule has 2 heteroatoms. The van der Waals surface area contributed by atoms with E-state index in [2.05, 4.69) is 82.4 Å². The van der Waals surface area contributed by atoms with Crippen molar-refractivity contribution in [2.45, 2.75) is 53.1 Å². The predicted octanol–water partition coefficient (Wildman–Crippen LogP) is 5.31. The third-order valence-electron chi connectivity index (χ3n) is 3.96. The molecule has 0 amide bonds. The van der Waals surface area contributed by atoms with Crippen LogP contribution in [-0.4, -0.2) is 6.61 Å². The highest BCUT2D eigenvalue weighted by Gasteiger charge is 2.12. The molecule has 2 aromatic rings. The Morgan fingerprint density at radius 2 is 1.58 bits per heavy atom. The zero-order valence-electron chi connectivity index (χ0n) is 15.7. The largest absolute Gasteiger partial charge is 0.493 e. The van der Waals surface area contributed by atoms with Gasteiger partial charge in [-0.25, -0.2) is 0 Å². The summed E-state index contributed by atoms with van der Waals surface area (Å²) in [6, 6.07) is 17.2. The number of benzene rings is 2. The first-order valence-electron chi connectivity index (χ1n) is 8.86. The summed E-state index contributed by atoms with van der Waals surface area (Å²) >= 11 is 0. The summed E-state index contributed by atoms with van der Waals surface area (Å²) in [5.74, 6) is 1.50. The summed E-state index contributed by atoms with van der Waals surface area (Å²) in [6.07, 6.45) is 0. The van der Waals surface area contributed by atoms with Gasteiger partial charge in [-0.1, -0.05) is 71.0 Å². The molecule has 0 radical (unpaired) electrons. The van der Waals surface area contributed by atoms with Gasteiger partial charge in [-0.05, 0) is 40.2 Å². The van der Waals surface area contributed by atoms with Crippen LogP contribution >= 0.6 is 0 Å². The van der Waals surface area contributed by atoms with Crippen LogP contribution in [0.1, 0.15) is 51.3 Å². The Balaban J connectivity index is 1.84. The van der Waals surface area contributed by atoms with Crippen LogP contribution in [-0.2, 0) is 18.5 Å². The van der Waals surface area contributed by atoms with Crippen LogP contribution in [0.2, 0.25) is 0 Å². The summed E-state index contributed by atoms with van der Waals surface area (Å²) < 4.78 is 5.79. The van der Waals surface area contributed by atoms with Crippen molar-refractivity contribution in [1.82, 2.24) is 5.32 Å². The van der Waals surface area contributed by atoms with Gasteiger partial charge in [-0.3, -0.25) is 0 Å². The van der Waals surface area contributed by atoms with E-state index >= 15 is 0 Å². The van der Waals surface area contributed by atoms with E-state index in [1.807, 2.05) is 6.07 Å². The maximum Gasteiger partial charge on any atom is 0.119 e. The van der Waals surface area contributed by atoms with E-state index in [1.165, 1.54) is 16.7 Å². The van der Waals surface area contributed by atoms with E-state index in [4.69, 9.17) is 4.74 Å². The van der Waals surface area contributed by atoms with E-state index in [0.29, 0.717) is 5.92 Å². The smallest absolute Gasteiger partial charge is 0.119 e. The zero-order chi connectivity index (χ0) is 17.6. The number of rotatable bonds is 7. The lowest BCUT2D eigenvalue weighted by atomic mass is 9.87. The molecule has 1 N–H and O–H groups in total. The van der Waals surface area contributed by atoms with E-state index in [-0.39, 0.29) is 5.41 Å². The molecule has 0 saturated carbocycles. The Labute approximate surface area is 147 Å². The van der Waals surface area contributed by atoms with Gasteiger partial charge in [-0.2, -0.15) is 0 Å². The van der Waals surface area contributed by atoms with Gasteiger partial charge >= 0.3 is 0 Å². The second-order valence-corrected chi connectivity index (χ2v) is 7.90. The van der Waals surface area contributed by atoms with Crippen LogP contribution in [0.15, 0.2) is 48.5 Å². The van der Waals surface area contributed by atoms with Gasteiger partial charge in [0.05, 0.1) is 6.61 Å². The van der Waals surface area contributed by atoms with Gasteiger partial charge in [0, 0.05) is 13.1 Å². The molecule has 0 aliphatic heterocycles. The van der Waals surface area contributed by atoms with Gasteiger partial charge in [0.2, 0.25) is 0 Å². The molecule has 2 aromatic carbocycles. The second kappa shape index (κ2) is 8.34. The summed E-state index contributed by atoms with van der Waals surface area (Å²) in [5.41, 5.74) is 4.15.